The summed E-state index contributed by atoms with van der Waals surface area (Å²) >= 11 is 0. The number of rotatable bonds is 8. The first-order valence-electron chi connectivity index (χ1n) is 6.84. The van der Waals surface area contributed by atoms with Crippen molar-refractivity contribution in [2.45, 2.75) is 25.7 Å². The lowest BCUT2D eigenvalue weighted by molar-refractivity contribution is 0.122. The van der Waals surface area contributed by atoms with Gasteiger partial charge in [0.2, 0.25) is 0 Å². The van der Waals surface area contributed by atoms with Gasteiger partial charge in [0, 0.05) is 25.9 Å². The standard InChI is InChI=1S/C16H23NO/c1-3-15-9-8-13(11-16(15)17-2)5-4-10-18-12-14-6-7-14/h3,8-9,11,14,17H,1,4-7,10,12H2,2H3. The fraction of sp³-hybridized carbons (Fsp3) is 0.500. The molecule has 1 aromatic carbocycles. The Hall–Kier alpha value is -1.28. The van der Waals surface area contributed by atoms with Crippen LogP contribution in [0.15, 0.2) is 24.8 Å². The van der Waals surface area contributed by atoms with E-state index in [9.17, 15) is 0 Å². The van der Waals surface area contributed by atoms with Crippen LogP contribution in [0, 0.1) is 5.92 Å². The number of aryl methyl sites for hydroxylation is 1. The molecule has 1 saturated carbocycles. The third-order valence-electron chi connectivity index (χ3n) is 3.41. The van der Waals surface area contributed by atoms with Gasteiger partial charge in [-0.3, -0.25) is 0 Å². The van der Waals surface area contributed by atoms with E-state index in [-0.39, 0.29) is 0 Å². The zero-order chi connectivity index (χ0) is 12.8. The molecular weight excluding hydrogens is 222 g/mol. The summed E-state index contributed by atoms with van der Waals surface area (Å²) in [5.41, 5.74) is 3.67. The smallest absolute Gasteiger partial charge is 0.0494 e. The predicted octanol–water partition coefficient (Wildman–Crippen LogP) is 3.73. The molecule has 0 atom stereocenters. The molecule has 0 bridgehead atoms. The largest absolute Gasteiger partial charge is 0.388 e. The van der Waals surface area contributed by atoms with Crippen molar-refractivity contribution in [1.29, 1.82) is 0 Å². The number of nitrogens with one attached hydrogen (secondary N) is 1. The lowest BCUT2D eigenvalue weighted by Gasteiger charge is -2.09. The Morgan fingerprint density at radius 3 is 2.94 bits per heavy atom. The molecule has 0 saturated heterocycles. The number of benzene rings is 1. The summed E-state index contributed by atoms with van der Waals surface area (Å²) in [5, 5.41) is 3.21. The molecule has 2 heteroatoms. The van der Waals surface area contributed by atoms with E-state index in [1.807, 2.05) is 13.1 Å². The quantitative estimate of drug-likeness (QED) is 0.705. The molecule has 2 rings (SSSR count). The first kappa shape index (κ1) is 13.2. The van der Waals surface area contributed by atoms with Crippen molar-refractivity contribution < 1.29 is 4.74 Å². The Bertz CT molecular complexity index is 396. The summed E-state index contributed by atoms with van der Waals surface area (Å²) in [6, 6.07) is 6.51. The Morgan fingerprint density at radius 2 is 2.28 bits per heavy atom. The van der Waals surface area contributed by atoms with Crippen LogP contribution >= 0.6 is 0 Å². The van der Waals surface area contributed by atoms with E-state index in [4.69, 9.17) is 4.74 Å². The van der Waals surface area contributed by atoms with Gasteiger partial charge in [-0.15, -0.1) is 0 Å². The van der Waals surface area contributed by atoms with E-state index in [0.29, 0.717) is 0 Å². The van der Waals surface area contributed by atoms with Crippen molar-refractivity contribution >= 4 is 11.8 Å². The summed E-state index contributed by atoms with van der Waals surface area (Å²) in [7, 11) is 1.95. The third kappa shape index (κ3) is 3.88. The van der Waals surface area contributed by atoms with Gasteiger partial charge >= 0.3 is 0 Å². The van der Waals surface area contributed by atoms with Crippen LogP contribution in [0.25, 0.3) is 6.08 Å². The molecule has 0 radical (unpaired) electrons. The molecule has 0 unspecified atom stereocenters. The van der Waals surface area contributed by atoms with Crippen molar-refractivity contribution in [2.75, 3.05) is 25.6 Å². The highest BCUT2D eigenvalue weighted by Crippen LogP contribution is 2.28. The molecule has 98 valence electrons. The second-order valence-electron chi connectivity index (χ2n) is 5.00. The molecule has 18 heavy (non-hydrogen) atoms. The van der Waals surface area contributed by atoms with Gasteiger partial charge in [0.1, 0.15) is 0 Å². The minimum atomic E-state index is 0.868. The van der Waals surface area contributed by atoms with Crippen LogP contribution in [0.4, 0.5) is 5.69 Å². The van der Waals surface area contributed by atoms with Crippen LogP contribution in [0.5, 0.6) is 0 Å². The maximum atomic E-state index is 5.65. The van der Waals surface area contributed by atoms with Gasteiger partial charge in [0.25, 0.3) is 0 Å². The molecule has 1 aliphatic carbocycles. The second-order valence-corrected chi connectivity index (χ2v) is 5.00. The molecule has 1 N–H and O–H groups in total. The van der Waals surface area contributed by atoms with E-state index in [1.54, 1.807) is 0 Å². The minimum absolute atomic E-state index is 0.868. The summed E-state index contributed by atoms with van der Waals surface area (Å²) in [4.78, 5) is 0. The van der Waals surface area contributed by atoms with Crippen molar-refractivity contribution in [3.05, 3.63) is 35.9 Å². The van der Waals surface area contributed by atoms with Crippen molar-refractivity contribution in [3.8, 4) is 0 Å². The van der Waals surface area contributed by atoms with Crippen molar-refractivity contribution in [3.63, 3.8) is 0 Å². The summed E-state index contributed by atoms with van der Waals surface area (Å²) in [6.07, 6.45) is 6.80. The Morgan fingerprint density at radius 1 is 1.44 bits per heavy atom. The lowest BCUT2D eigenvalue weighted by atomic mass is 10.1. The Kier molecular flexibility index (Phi) is 4.82. The summed E-state index contributed by atoms with van der Waals surface area (Å²) in [5.74, 6) is 0.868. The van der Waals surface area contributed by atoms with Gasteiger partial charge in [0.05, 0.1) is 0 Å². The number of ether oxygens (including phenoxy) is 1. The van der Waals surface area contributed by atoms with Gasteiger partial charge in [-0.25, -0.2) is 0 Å². The van der Waals surface area contributed by atoms with Crippen LogP contribution in [0.1, 0.15) is 30.4 Å². The van der Waals surface area contributed by atoms with Gasteiger partial charge < -0.3 is 10.1 Å². The molecule has 0 amide bonds. The van der Waals surface area contributed by atoms with E-state index in [0.717, 1.165) is 43.2 Å². The maximum absolute atomic E-state index is 5.65. The monoisotopic (exact) mass is 245 g/mol. The zero-order valence-electron chi connectivity index (χ0n) is 11.2. The number of hydrogen-bond acceptors (Lipinski definition) is 2. The van der Waals surface area contributed by atoms with Crippen molar-refractivity contribution in [1.82, 2.24) is 0 Å². The first-order valence-corrected chi connectivity index (χ1v) is 6.84. The lowest BCUT2D eigenvalue weighted by Crippen LogP contribution is -2.00. The fourth-order valence-electron chi connectivity index (χ4n) is 2.07. The average molecular weight is 245 g/mol. The highest BCUT2D eigenvalue weighted by molar-refractivity contribution is 5.66. The molecule has 1 aliphatic rings. The van der Waals surface area contributed by atoms with Crippen LogP contribution < -0.4 is 5.32 Å². The highest BCUT2D eigenvalue weighted by Gasteiger charge is 2.20. The van der Waals surface area contributed by atoms with E-state index < -0.39 is 0 Å². The third-order valence-corrected chi connectivity index (χ3v) is 3.41. The van der Waals surface area contributed by atoms with Crippen LogP contribution in [-0.2, 0) is 11.2 Å². The van der Waals surface area contributed by atoms with Crippen LogP contribution in [0.3, 0.4) is 0 Å². The minimum Gasteiger partial charge on any atom is -0.388 e. The molecular formula is C16H23NO. The normalized spacial score (nSPS) is 14.5. The SMILES string of the molecule is C=Cc1ccc(CCCOCC2CC2)cc1NC. The van der Waals surface area contributed by atoms with Gasteiger partial charge in [-0.05, 0) is 48.8 Å². The fourth-order valence-corrected chi connectivity index (χ4v) is 2.07. The summed E-state index contributed by atoms with van der Waals surface area (Å²) in [6.45, 7) is 5.67. The first-order chi connectivity index (χ1) is 8.83. The molecule has 0 heterocycles. The highest BCUT2D eigenvalue weighted by atomic mass is 16.5. The van der Waals surface area contributed by atoms with Gasteiger partial charge in [0.15, 0.2) is 0 Å². The Balaban J connectivity index is 1.75. The maximum Gasteiger partial charge on any atom is 0.0494 e. The second kappa shape index (κ2) is 6.60. The predicted molar refractivity (Wildman–Crippen MR) is 77.9 cm³/mol. The molecule has 1 aromatic rings. The molecule has 1 fully saturated rings. The number of hydrogen-bond donors (Lipinski definition) is 1. The molecule has 0 aromatic heterocycles. The molecule has 0 aliphatic heterocycles. The molecule has 2 nitrogen and oxygen atoms in total. The zero-order valence-corrected chi connectivity index (χ0v) is 11.2. The average Bonchev–Trinajstić information content (AvgIpc) is 3.22. The number of anilines is 1. The van der Waals surface area contributed by atoms with E-state index >= 15 is 0 Å². The van der Waals surface area contributed by atoms with E-state index in [2.05, 4.69) is 30.1 Å². The van der Waals surface area contributed by atoms with E-state index in [1.165, 1.54) is 18.4 Å². The Labute approximate surface area is 110 Å². The topological polar surface area (TPSA) is 21.3 Å². The van der Waals surface area contributed by atoms with Crippen LogP contribution in [-0.4, -0.2) is 20.3 Å². The summed E-state index contributed by atoms with van der Waals surface area (Å²) < 4.78 is 5.65. The van der Waals surface area contributed by atoms with Crippen LogP contribution in [0.2, 0.25) is 0 Å². The molecule has 0 spiro atoms. The van der Waals surface area contributed by atoms with Gasteiger partial charge in [-0.1, -0.05) is 24.8 Å². The van der Waals surface area contributed by atoms with Gasteiger partial charge in [-0.2, -0.15) is 0 Å². The van der Waals surface area contributed by atoms with Crippen molar-refractivity contribution in [2.24, 2.45) is 5.92 Å².